The van der Waals surface area contributed by atoms with Gasteiger partial charge in [0.2, 0.25) is 0 Å². The molecule has 182 valence electrons. The lowest BCUT2D eigenvalue weighted by atomic mass is 10.1. The number of amides is 1. The Morgan fingerprint density at radius 1 is 1.06 bits per heavy atom. The van der Waals surface area contributed by atoms with Crippen LogP contribution in [0.3, 0.4) is 0 Å². The van der Waals surface area contributed by atoms with Crippen molar-refractivity contribution in [1.82, 2.24) is 9.80 Å². The number of rotatable bonds is 9. The molecule has 2 aromatic carbocycles. The maximum Gasteiger partial charge on any atom is 0.303 e. The molecular formula is C25H28BrFN2O5. The molecule has 2 atom stereocenters. The molecule has 0 bridgehead atoms. The van der Waals surface area contributed by atoms with Gasteiger partial charge in [-0.3, -0.25) is 19.3 Å². The molecule has 9 heteroatoms. The monoisotopic (exact) mass is 534 g/mol. The molecule has 0 saturated carbocycles. The van der Waals surface area contributed by atoms with Crippen LogP contribution < -0.4 is 4.74 Å². The van der Waals surface area contributed by atoms with Gasteiger partial charge in [-0.2, -0.15) is 0 Å². The molecule has 34 heavy (non-hydrogen) atoms. The van der Waals surface area contributed by atoms with E-state index in [2.05, 4.69) is 20.8 Å². The second-order valence-corrected chi connectivity index (χ2v) is 9.46. The summed E-state index contributed by atoms with van der Waals surface area (Å²) < 4.78 is 19.6. The molecule has 1 fully saturated rings. The van der Waals surface area contributed by atoms with E-state index in [4.69, 9.17) is 9.84 Å². The Labute approximate surface area is 206 Å². The van der Waals surface area contributed by atoms with Crippen molar-refractivity contribution in [2.45, 2.75) is 45.3 Å². The molecule has 0 spiro atoms. The zero-order valence-corrected chi connectivity index (χ0v) is 20.8. The molecule has 1 aliphatic heterocycles. The average molecular weight is 535 g/mol. The van der Waals surface area contributed by atoms with Gasteiger partial charge >= 0.3 is 5.97 Å². The number of benzene rings is 2. The van der Waals surface area contributed by atoms with E-state index in [0.717, 1.165) is 5.56 Å². The fourth-order valence-electron chi connectivity index (χ4n) is 4.01. The molecule has 1 amide bonds. The first kappa shape index (κ1) is 25.8. The summed E-state index contributed by atoms with van der Waals surface area (Å²) >= 11 is 3.31. The lowest BCUT2D eigenvalue weighted by Crippen LogP contribution is -2.58. The molecule has 0 unspecified atom stereocenters. The summed E-state index contributed by atoms with van der Waals surface area (Å²) in [7, 11) is 0. The number of aliphatic carboxylic acids is 1. The topological polar surface area (TPSA) is 87.2 Å². The number of hydrogen-bond acceptors (Lipinski definition) is 5. The molecule has 1 N–H and O–H groups in total. The van der Waals surface area contributed by atoms with E-state index in [1.54, 1.807) is 35.2 Å². The quantitative estimate of drug-likeness (QED) is 0.486. The van der Waals surface area contributed by atoms with Crippen LogP contribution in [0.15, 0.2) is 46.9 Å². The highest BCUT2D eigenvalue weighted by atomic mass is 79.9. The predicted molar refractivity (Wildman–Crippen MR) is 128 cm³/mol. The molecule has 1 saturated heterocycles. The van der Waals surface area contributed by atoms with E-state index in [9.17, 15) is 18.8 Å². The van der Waals surface area contributed by atoms with Crippen LogP contribution in [0.5, 0.6) is 5.75 Å². The fraction of sp³-hybridized carbons (Fsp3) is 0.400. The van der Waals surface area contributed by atoms with Crippen LogP contribution in [-0.2, 0) is 16.1 Å². The first-order chi connectivity index (χ1) is 16.1. The molecular weight excluding hydrogens is 507 g/mol. The van der Waals surface area contributed by atoms with Gasteiger partial charge in [0.1, 0.15) is 11.6 Å². The van der Waals surface area contributed by atoms with Crippen molar-refractivity contribution in [3.8, 4) is 5.75 Å². The number of carbonyl (C=O) groups excluding carboxylic acids is 2. The molecule has 1 heterocycles. The van der Waals surface area contributed by atoms with Gasteiger partial charge in [0.25, 0.3) is 5.91 Å². The summed E-state index contributed by atoms with van der Waals surface area (Å²) in [6, 6.07) is 11.4. The van der Waals surface area contributed by atoms with Crippen LogP contribution in [0.25, 0.3) is 0 Å². The predicted octanol–water partition coefficient (Wildman–Crippen LogP) is 4.14. The van der Waals surface area contributed by atoms with Gasteiger partial charge in [-0.05, 0) is 49.7 Å². The second-order valence-electron chi connectivity index (χ2n) is 8.55. The number of carboxylic acid groups (broad SMARTS) is 1. The van der Waals surface area contributed by atoms with Crippen molar-refractivity contribution in [3.05, 3.63) is 63.9 Å². The Morgan fingerprint density at radius 3 is 2.44 bits per heavy atom. The SMILES string of the molecule is C[C@@H]1CN(Cc2ccc(F)cc2)[C@@H](C)CN1C(=O)COc1ccc(Br)cc1C(=O)CCC(=O)O. The van der Waals surface area contributed by atoms with E-state index in [-0.39, 0.29) is 60.4 Å². The molecule has 0 radical (unpaired) electrons. The van der Waals surface area contributed by atoms with Gasteiger partial charge in [0, 0.05) is 42.6 Å². The summed E-state index contributed by atoms with van der Waals surface area (Å²) in [6.07, 6.45) is -0.429. The lowest BCUT2D eigenvalue weighted by Gasteiger charge is -2.44. The Balaban J connectivity index is 1.60. The highest BCUT2D eigenvalue weighted by molar-refractivity contribution is 9.10. The normalized spacial score (nSPS) is 18.5. The zero-order chi connectivity index (χ0) is 24.8. The highest BCUT2D eigenvalue weighted by Gasteiger charge is 2.32. The number of carboxylic acids is 1. The Bertz CT molecular complexity index is 1050. The standard InChI is InChI=1S/C25H28BrFN2O5/c1-16-13-29(17(2)12-28(16)14-18-3-6-20(27)7-4-18)24(31)15-34-23-9-5-19(26)11-21(23)22(30)8-10-25(32)33/h3-7,9,11,16-17H,8,10,12-15H2,1-2H3,(H,32,33)/t16-,17+/m0/s1. The number of halogens is 2. The first-order valence-corrected chi connectivity index (χ1v) is 11.9. The number of ether oxygens (including phenoxy) is 1. The number of hydrogen-bond donors (Lipinski definition) is 1. The van der Waals surface area contributed by atoms with Crippen molar-refractivity contribution in [3.63, 3.8) is 0 Å². The third-order valence-electron chi connectivity index (χ3n) is 5.89. The Hall–Kier alpha value is -2.78. The van der Waals surface area contributed by atoms with E-state index in [1.807, 2.05) is 13.8 Å². The van der Waals surface area contributed by atoms with Crippen molar-refractivity contribution in [1.29, 1.82) is 0 Å². The summed E-state index contributed by atoms with van der Waals surface area (Å²) in [4.78, 5) is 40.3. The molecule has 0 aromatic heterocycles. The van der Waals surface area contributed by atoms with E-state index < -0.39 is 5.97 Å². The third kappa shape index (κ3) is 6.87. The number of piperazine rings is 1. The molecule has 2 aromatic rings. The maximum atomic E-state index is 13.2. The third-order valence-corrected chi connectivity index (χ3v) is 6.39. The molecule has 1 aliphatic rings. The van der Waals surface area contributed by atoms with E-state index in [0.29, 0.717) is 24.1 Å². The smallest absolute Gasteiger partial charge is 0.303 e. The van der Waals surface area contributed by atoms with Gasteiger partial charge in [-0.25, -0.2) is 4.39 Å². The minimum absolute atomic E-state index is 0.0469. The largest absolute Gasteiger partial charge is 0.483 e. The van der Waals surface area contributed by atoms with Crippen LogP contribution in [-0.4, -0.2) is 64.3 Å². The lowest BCUT2D eigenvalue weighted by molar-refractivity contribution is -0.139. The summed E-state index contributed by atoms with van der Waals surface area (Å²) in [5.41, 5.74) is 1.26. The number of Topliss-reactive ketones (excluding diaryl/α,β-unsaturated/α-hetero) is 1. The average Bonchev–Trinajstić information content (AvgIpc) is 2.80. The first-order valence-electron chi connectivity index (χ1n) is 11.1. The minimum atomic E-state index is -1.05. The van der Waals surface area contributed by atoms with Gasteiger partial charge in [-0.1, -0.05) is 28.1 Å². The van der Waals surface area contributed by atoms with Crippen molar-refractivity contribution >= 4 is 33.6 Å². The molecule has 0 aliphatic carbocycles. The van der Waals surface area contributed by atoms with E-state index >= 15 is 0 Å². The summed E-state index contributed by atoms with van der Waals surface area (Å²) in [5.74, 6) is -1.61. The van der Waals surface area contributed by atoms with Crippen molar-refractivity contribution in [2.24, 2.45) is 0 Å². The maximum absolute atomic E-state index is 13.2. The van der Waals surface area contributed by atoms with E-state index in [1.165, 1.54) is 12.1 Å². The zero-order valence-electron chi connectivity index (χ0n) is 19.2. The van der Waals surface area contributed by atoms with Crippen molar-refractivity contribution < 1.29 is 28.6 Å². The second kappa shape index (κ2) is 11.6. The number of ketones is 1. The summed E-state index contributed by atoms with van der Waals surface area (Å²) in [5, 5.41) is 8.85. The van der Waals surface area contributed by atoms with Gasteiger partial charge in [-0.15, -0.1) is 0 Å². The van der Waals surface area contributed by atoms with Crippen molar-refractivity contribution in [2.75, 3.05) is 19.7 Å². The van der Waals surface area contributed by atoms with Crippen LogP contribution in [0.2, 0.25) is 0 Å². The Morgan fingerprint density at radius 2 is 1.76 bits per heavy atom. The van der Waals surface area contributed by atoms with Gasteiger partial charge < -0.3 is 14.7 Å². The van der Waals surface area contributed by atoms with Crippen LogP contribution in [0.4, 0.5) is 4.39 Å². The van der Waals surface area contributed by atoms with Crippen LogP contribution >= 0.6 is 15.9 Å². The highest BCUT2D eigenvalue weighted by Crippen LogP contribution is 2.26. The number of carbonyl (C=O) groups is 3. The van der Waals surface area contributed by atoms with Gasteiger partial charge in [0.05, 0.1) is 12.0 Å². The fourth-order valence-corrected chi connectivity index (χ4v) is 4.37. The van der Waals surface area contributed by atoms with Crippen LogP contribution in [0.1, 0.15) is 42.6 Å². The molecule has 3 rings (SSSR count). The minimum Gasteiger partial charge on any atom is -0.483 e. The summed E-state index contributed by atoms with van der Waals surface area (Å²) in [6.45, 7) is 5.66. The van der Waals surface area contributed by atoms with Gasteiger partial charge in [0.15, 0.2) is 12.4 Å². The van der Waals surface area contributed by atoms with Crippen LogP contribution in [0, 0.1) is 5.82 Å². The number of nitrogens with zero attached hydrogens (tertiary/aromatic N) is 2. The Kier molecular flexibility index (Phi) is 8.79. The molecule has 7 nitrogen and oxygen atoms in total.